The van der Waals surface area contributed by atoms with Crippen molar-refractivity contribution in [2.45, 2.75) is 10.9 Å². The van der Waals surface area contributed by atoms with Gasteiger partial charge in [0.05, 0.1) is 6.54 Å². The van der Waals surface area contributed by atoms with Crippen LogP contribution in [0.1, 0.15) is 11.6 Å². The summed E-state index contributed by atoms with van der Waals surface area (Å²) in [5.41, 5.74) is 1.31. The first-order valence-corrected chi connectivity index (χ1v) is 5.95. The summed E-state index contributed by atoms with van der Waals surface area (Å²) in [6, 6.07) is 8.65. The fourth-order valence-corrected chi connectivity index (χ4v) is 2.83. The van der Waals surface area contributed by atoms with Crippen LogP contribution in [0.3, 0.4) is 0 Å². The van der Waals surface area contributed by atoms with Crippen LogP contribution in [0.2, 0.25) is 0 Å². The maximum absolute atomic E-state index is 11.1. The van der Waals surface area contributed by atoms with Crippen molar-refractivity contribution in [3.63, 3.8) is 0 Å². The van der Waals surface area contributed by atoms with Gasteiger partial charge in [-0.1, -0.05) is 18.2 Å². The Balaban J connectivity index is 1.99. The van der Waals surface area contributed by atoms with Crippen molar-refractivity contribution in [1.82, 2.24) is 10.6 Å². The van der Waals surface area contributed by atoms with Crippen molar-refractivity contribution < 1.29 is 4.79 Å². The predicted molar refractivity (Wildman–Crippen MR) is 62.0 cm³/mol. The van der Waals surface area contributed by atoms with Crippen LogP contribution in [0.15, 0.2) is 29.2 Å². The van der Waals surface area contributed by atoms with E-state index in [0.29, 0.717) is 12.6 Å². The SMILES string of the molecule is CNC(=O)CNC1CSc2ccccc21. The number of rotatable bonds is 3. The van der Waals surface area contributed by atoms with Crippen LogP contribution in [0.4, 0.5) is 0 Å². The molecule has 1 aliphatic rings. The third-order valence-electron chi connectivity index (χ3n) is 2.49. The molecule has 0 bridgehead atoms. The van der Waals surface area contributed by atoms with Crippen molar-refractivity contribution in [3.05, 3.63) is 29.8 Å². The number of hydrogen-bond donors (Lipinski definition) is 2. The third kappa shape index (κ3) is 2.33. The molecule has 0 aliphatic carbocycles. The van der Waals surface area contributed by atoms with Crippen molar-refractivity contribution in [1.29, 1.82) is 0 Å². The van der Waals surface area contributed by atoms with Gasteiger partial charge in [-0.3, -0.25) is 4.79 Å². The largest absolute Gasteiger partial charge is 0.358 e. The monoisotopic (exact) mass is 222 g/mol. The van der Waals surface area contributed by atoms with E-state index in [1.165, 1.54) is 10.5 Å². The zero-order valence-electron chi connectivity index (χ0n) is 8.62. The van der Waals surface area contributed by atoms with Crippen LogP contribution in [-0.2, 0) is 4.79 Å². The Bertz CT molecular complexity index is 367. The minimum absolute atomic E-state index is 0.0318. The Hall–Kier alpha value is -1.00. The van der Waals surface area contributed by atoms with Crippen LogP contribution < -0.4 is 10.6 Å². The molecule has 0 saturated heterocycles. The molecule has 1 amide bonds. The normalized spacial score (nSPS) is 18.6. The molecule has 1 atom stereocenters. The van der Waals surface area contributed by atoms with Crippen LogP contribution in [0, 0.1) is 0 Å². The fourth-order valence-electron chi connectivity index (χ4n) is 1.64. The molecule has 1 unspecified atom stereocenters. The van der Waals surface area contributed by atoms with Gasteiger partial charge in [-0.05, 0) is 11.6 Å². The summed E-state index contributed by atoms with van der Waals surface area (Å²) in [5.74, 6) is 1.04. The Kier molecular flexibility index (Phi) is 3.28. The highest BCUT2D eigenvalue weighted by Crippen LogP contribution is 2.37. The second-order valence-electron chi connectivity index (χ2n) is 3.46. The first-order valence-electron chi connectivity index (χ1n) is 4.97. The zero-order chi connectivity index (χ0) is 10.7. The van der Waals surface area contributed by atoms with Gasteiger partial charge in [-0.25, -0.2) is 0 Å². The van der Waals surface area contributed by atoms with Gasteiger partial charge in [-0.2, -0.15) is 0 Å². The molecule has 0 spiro atoms. The maximum Gasteiger partial charge on any atom is 0.233 e. The summed E-state index contributed by atoms with van der Waals surface area (Å²) in [4.78, 5) is 12.4. The Morgan fingerprint density at radius 3 is 3.13 bits per heavy atom. The highest BCUT2D eigenvalue weighted by atomic mass is 32.2. The molecule has 2 rings (SSSR count). The number of nitrogens with one attached hydrogen (secondary N) is 2. The van der Waals surface area contributed by atoms with Crippen LogP contribution in [0.5, 0.6) is 0 Å². The van der Waals surface area contributed by atoms with Gasteiger partial charge in [0.25, 0.3) is 0 Å². The molecule has 4 heteroatoms. The summed E-state index contributed by atoms with van der Waals surface area (Å²) in [5, 5.41) is 5.86. The lowest BCUT2D eigenvalue weighted by Crippen LogP contribution is -2.33. The molecule has 0 fully saturated rings. The molecular weight excluding hydrogens is 208 g/mol. The van der Waals surface area contributed by atoms with E-state index in [0.717, 1.165) is 5.75 Å². The average Bonchev–Trinajstić information content (AvgIpc) is 2.69. The minimum atomic E-state index is 0.0318. The van der Waals surface area contributed by atoms with Crippen molar-refractivity contribution in [2.24, 2.45) is 0 Å². The number of carbonyl (C=O) groups is 1. The van der Waals surface area contributed by atoms with E-state index in [-0.39, 0.29) is 5.91 Å². The molecular formula is C11H14N2OS. The Morgan fingerprint density at radius 1 is 1.53 bits per heavy atom. The van der Waals surface area contributed by atoms with Crippen molar-refractivity contribution in [3.8, 4) is 0 Å². The molecule has 1 aromatic carbocycles. The molecule has 1 aliphatic heterocycles. The lowest BCUT2D eigenvalue weighted by molar-refractivity contribution is -0.119. The molecule has 1 aromatic rings. The number of benzene rings is 1. The Labute approximate surface area is 93.6 Å². The second kappa shape index (κ2) is 4.68. The summed E-state index contributed by atoms with van der Waals surface area (Å²) < 4.78 is 0. The summed E-state index contributed by atoms with van der Waals surface area (Å²) in [6.07, 6.45) is 0. The number of fused-ring (bicyclic) bond motifs is 1. The van der Waals surface area contributed by atoms with Gasteiger partial charge in [-0.15, -0.1) is 11.8 Å². The molecule has 0 saturated carbocycles. The second-order valence-corrected chi connectivity index (χ2v) is 4.52. The van der Waals surface area contributed by atoms with E-state index in [4.69, 9.17) is 0 Å². The van der Waals surface area contributed by atoms with Gasteiger partial charge in [0.15, 0.2) is 0 Å². The summed E-state index contributed by atoms with van der Waals surface area (Å²) in [6.45, 7) is 0.385. The zero-order valence-corrected chi connectivity index (χ0v) is 9.43. The van der Waals surface area contributed by atoms with Crippen molar-refractivity contribution in [2.75, 3.05) is 19.3 Å². The van der Waals surface area contributed by atoms with E-state index in [9.17, 15) is 4.79 Å². The van der Waals surface area contributed by atoms with Crippen LogP contribution in [-0.4, -0.2) is 25.3 Å². The maximum atomic E-state index is 11.1. The molecule has 15 heavy (non-hydrogen) atoms. The van der Waals surface area contributed by atoms with Gasteiger partial charge in [0.1, 0.15) is 0 Å². The van der Waals surface area contributed by atoms with Gasteiger partial charge in [0.2, 0.25) is 5.91 Å². The van der Waals surface area contributed by atoms with E-state index in [2.05, 4.69) is 22.8 Å². The summed E-state index contributed by atoms with van der Waals surface area (Å²) >= 11 is 1.84. The highest BCUT2D eigenvalue weighted by molar-refractivity contribution is 7.99. The van der Waals surface area contributed by atoms with E-state index >= 15 is 0 Å². The quantitative estimate of drug-likeness (QED) is 0.806. The molecule has 0 aromatic heterocycles. The topological polar surface area (TPSA) is 41.1 Å². The highest BCUT2D eigenvalue weighted by Gasteiger charge is 2.22. The minimum Gasteiger partial charge on any atom is -0.358 e. The van der Waals surface area contributed by atoms with E-state index < -0.39 is 0 Å². The van der Waals surface area contributed by atoms with Gasteiger partial charge < -0.3 is 10.6 Å². The van der Waals surface area contributed by atoms with Crippen molar-refractivity contribution >= 4 is 17.7 Å². The fraction of sp³-hybridized carbons (Fsp3) is 0.364. The van der Waals surface area contributed by atoms with E-state index in [1.54, 1.807) is 7.05 Å². The van der Waals surface area contributed by atoms with Gasteiger partial charge in [0, 0.05) is 23.7 Å². The number of likely N-dealkylation sites (N-methyl/N-ethyl adjacent to an activating group) is 1. The standard InChI is InChI=1S/C11H14N2OS/c1-12-11(14)6-13-9-7-15-10-5-3-2-4-8(9)10/h2-5,9,13H,6-7H2,1H3,(H,12,14). The number of amides is 1. The molecule has 3 nitrogen and oxygen atoms in total. The molecule has 0 radical (unpaired) electrons. The lowest BCUT2D eigenvalue weighted by atomic mass is 10.1. The number of hydrogen-bond acceptors (Lipinski definition) is 3. The third-order valence-corrected chi connectivity index (χ3v) is 3.67. The van der Waals surface area contributed by atoms with Gasteiger partial charge >= 0.3 is 0 Å². The lowest BCUT2D eigenvalue weighted by Gasteiger charge is -2.12. The number of thioether (sulfide) groups is 1. The first kappa shape index (κ1) is 10.5. The molecule has 1 heterocycles. The van der Waals surface area contributed by atoms with Crippen LogP contribution >= 0.6 is 11.8 Å². The molecule has 80 valence electrons. The predicted octanol–water partition coefficient (Wildman–Crippen LogP) is 1.17. The van der Waals surface area contributed by atoms with Crippen LogP contribution in [0.25, 0.3) is 0 Å². The Morgan fingerprint density at radius 2 is 2.33 bits per heavy atom. The molecule has 2 N–H and O–H groups in total. The smallest absolute Gasteiger partial charge is 0.233 e. The number of carbonyl (C=O) groups excluding carboxylic acids is 1. The summed E-state index contributed by atoms with van der Waals surface area (Å²) in [7, 11) is 1.65. The average molecular weight is 222 g/mol. The first-order chi connectivity index (χ1) is 7.31. The van der Waals surface area contributed by atoms with E-state index in [1.807, 2.05) is 23.9 Å².